The second kappa shape index (κ2) is 8.48. The van der Waals surface area contributed by atoms with Crippen molar-refractivity contribution in [3.63, 3.8) is 0 Å². The zero-order valence-electron chi connectivity index (χ0n) is 11.3. The Kier molecular flexibility index (Phi) is 7.27. The first-order valence-electron chi connectivity index (χ1n) is 6.19. The fourth-order valence-corrected chi connectivity index (χ4v) is 2.02. The third kappa shape index (κ3) is 4.24. The van der Waals surface area contributed by atoms with Crippen molar-refractivity contribution in [3.05, 3.63) is 16.9 Å². The molecule has 104 valence electrons. The molecule has 0 fully saturated rings. The van der Waals surface area contributed by atoms with Crippen LogP contribution < -0.4 is 5.32 Å². The molecular weight excluding hydrogens is 254 g/mol. The van der Waals surface area contributed by atoms with Crippen molar-refractivity contribution in [2.45, 2.75) is 25.9 Å². The van der Waals surface area contributed by atoms with Gasteiger partial charge in [0.05, 0.1) is 42.8 Å². The highest BCUT2D eigenvalue weighted by Gasteiger charge is 2.18. The molecule has 0 radical (unpaired) electrons. The standard InChI is InChI=1S/C12H22ClN3O2/c1-4-5-16-12(10(13)8-15-16)11(14-2)9-18-7-6-17-3/h8,11,14H,4-7,9H2,1-3H3. The Morgan fingerprint density at radius 3 is 2.89 bits per heavy atom. The Hall–Kier alpha value is -0.620. The lowest BCUT2D eigenvalue weighted by molar-refractivity contribution is 0.0584. The average molecular weight is 276 g/mol. The number of hydrogen-bond acceptors (Lipinski definition) is 4. The van der Waals surface area contributed by atoms with Gasteiger partial charge in [-0.25, -0.2) is 0 Å². The summed E-state index contributed by atoms with van der Waals surface area (Å²) in [5.74, 6) is 0. The summed E-state index contributed by atoms with van der Waals surface area (Å²) in [6, 6.07) is 0.0448. The minimum atomic E-state index is 0.0448. The molecule has 1 heterocycles. The third-order valence-corrected chi connectivity index (χ3v) is 2.95. The van der Waals surface area contributed by atoms with Crippen LogP contribution in [0.5, 0.6) is 0 Å². The largest absolute Gasteiger partial charge is 0.382 e. The van der Waals surface area contributed by atoms with Crippen LogP contribution in [0.2, 0.25) is 5.02 Å². The molecule has 1 atom stereocenters. The number of ether oxygens (including phenoxy) is 2. The van der Waals surface area contributed by atoms with Crippen molar-refractivity contribution in [2.24, 2.45) is 0 Å². The van der Waals surface area contributed by atoms with Gasteiger partial charge in [0.25, 0.3) is 0 Å². The van der Waals surface area contributed by atoms with Gasteiger partial charge in [0.1, 0.15) is 0 Å². The van der Waals surface area contributed by atoms with E-state index in [1.165, 1.54) is 0 Å². The molecule has 0 amide bonds. The Morgan fingerprint density at radius 2 is 2.28 bits per heavy atom. The van der Waals surface area contributed by atoms with Gasteiger partial charge >= 0.3 is 0 Å². The average Bonchev–Trinajstić information content (AvgIpc) is 2.72. The van der Waals surface area contributed by atoms with Gasteiger partial charge in [-0.2, -0.15) is 5.10 Å². The molecule has 6 heteroatoms. The smallest absolute Gasteiger partial charge is 0.0835 e. The van der Waals surface area contributed by atoms with Gasteiger partial charge in [0.15, 0.2) is 0 Å². The molecule has 0 aliphatic heterocycles. The quantitative estimate of drug-likeness (QED) is 0.699. The normalized spacial score (nSPS) is 12.9. The minimum absolute atomic E-state index is 0.0448. The predicted molar refractivity (Wildman–Crippen MR) is 72.0 cm³/mol. The van der Waals surface area contributed by atoms with Crippen LogP contribution >= 0.6 is 11.6 Å². The van der Waals surface area contributed by atoms with E-state index in [1.54, 1.807) is 13.3 Å². The van der Waals surface area contributed by atoms with Crippen LogP contribution in [0.25, 0.3) is 0 Å². The molecule has 5 nitrogen and oxygen atoms in total. The summed E-state index contributed by atoms with van der Waals surface area (Å²) in [7, 11) is 3.55. The van der Waals surface area contributed by atoms with E-state index in [1.807, 2.05) is 11.7 Å². The molecule has 1 aromatic heterocycles. The number of aryl methyl sites for hydroxylation is 1. The number of halogens is 1. The van der Waals surface area contributed by atoms with Crippen molar-refractivity contribution in [1.82, 2.24) is 15.1 Å². The zero-order chi connectivity index (χ0) is 13.4. The van der Waals surface area contributed by atoms with E-state index in [9.17, 15) is 0 Å². The van der Waals surface area contributed by atoms with Crippen LogP contribution in [0.4, 0.5) is 0 Å². The lowest BCUT2D eigenvalue weighted by atomic mass is 10.2. The second-order valence-electron chi connectivity index (χ2n) is 4.01. The first-order valence-corrected chi connectivity index (χ1v) is 6.57. The molecule has 0 aliphatic carbocycles. The van der Waals surface area contributed by atoms with Gasteiger partial charge in [-0.05, 0) is 13.5 Å². The third-order valence-electron chi connectivity index (χ3n) is 2.66. The lowest BCUT2D eigenvalue weighted by Gasteiger charge is -2.18. The molecule has 0 bridgehead atoms. The monoisotopic (exact) mass is 275 g/mol. The van der Waals surface area contributed by atoms with E-state index in [0.29, 0.717) is 24.8 Å². The number of nitrogens with zero attached hydrogens (tertiary/aromatic N) is 2. The van der Waals surface area contributed by atoms with E-state index in [-0.39, 0.29) is 6.04 Å². The summed E-state index contributed by atoms with van der Waals surface area (Å²) in [5, 5.41) is 8.17. The summed E-state index contributed by atoms with van der Waals surface area (Å²) >= 11 is 6.19. The van der Waals surface area contributed by atoms with Crippen molar-refractivity contribution in [3.8, 4) is 0 Å². The van der Waals surface area contributed by atoms with Crippen molar-refractivity contribution in [2.75, 3.05) is 34.0 Å². The van der Waals surface area contributed by atoms with Gasteiger partial charge < -0.3 is 14.8 Å². The van der Waals surface area contributed by atoms with E-state index in [4.69, 9.17) is 21.1 Å². The summed E-state index contributed by atoms with van der Waals surface area (Å²) in [4.78, 5) is 0. The highest BCUT2D eigenvalue weighted by Crippen LogP contribution is 2.23. The maximum atomic E-state index is 6.19. The Labute approximate surface area is 113 Å². The molecule has 0 spiro atoms. The molecule has 18 heavy (non-hydrogen) atoms. The molecule has 0 aromatic carbocycles. The van der Waals surface area contributed by atoms with Crippen molar-refractivity contribution < 1.29 is 9.47 Å². The fourth-order valence-electron chi connectivity index (χ4n) is 1.75. The number of likely N-dealkylation sites (N-methyl/N-ethyl adjacent to an activating group) is 1. The Morgan fingerprint density at radius 1 is 1.50 bits per heavy atom. The van der Waals surface area contributed by atoms with Crippen LogP contribution in [-0.4, -0.2) is 43.8 Å². The molecule has 1 aromatic rings. The number of hydrogen-bond donors (Lipinski definition) is 1. The van der Waals surface area contributed by atoms with Gasteiger partial charge in [-0.3, -0.25) is 4.68 Å². The first-order chi connectivity index (χ1) is 8.74. The molecular formula is C12H22ClN3O2. The topological polar surface area (TPSA) is 48.3 Å². The van der Waals surface area contributed by atoms with Gasteiger partial charge in [0.2, 0.25) is 0 Å². The zero-order valence-corrected chi connectivity index (χ0v) is 12.0. The van der Waals surface area contributed by atoms with Crippen LogP contribution in [0.1, 0.15) is 25.1 Å². The molecule has 1 unspecified atom stereocenters. The first kappa shape index (κ1) is 15.4. The van der Waals surface area contributed by atoms with Gasteiger partial charge in [-0.1, -0.05) is 18.5 Å². The highest BCUT2D eigenvalue weighted by molar-refractivity contribution is 6.31. The van der Waals surface area contributed by atoms with Crippen molar-refractivity contribution >= 4 is 11.6 Å². The van der Waals surface area contributed by atoms with E-state index >= 15 is 0 Å². The van der Waals surface area contributed by atoms with Gasteiger partial charge in [0, 0.05) is 13.7 Å². The van der Waals surface area contributed by atoms with E-state index in [0.717, 1.165) is 18.7 Å². The van der Waals surface area contributed by atoms with Crippen LogP contribution in [0.3, 0.4) is 0 Å². The molecule has 1 rings (SSSR count). The summed E-state index contributed by atoms with van der Waals surface area (Å²) in [6.45, 7) is 4.70. The second-order valence-corrected chi connectivity index (χ2v) is 4.42. The van der Waals surface area contributed by atoms with Crippen LogP contribution in [0, 0.1) is 0 Å². The number of nitrogens with one attached hydrogen (secondary N) is 1. The maximum absolute atomic E-state index is 6.19. The number of methoxy groups -OCH3 is 1. The Bertz CT molecular complexity index is 344. The van der Waals surface area contributed by atoms with Crippen molar-refractivity contribution in [1.29, 1.82) is 0 Å². The van der Waals surface area contributed by atoms with E-state index < -0.39 is 0 Å². The number of aromatic nitrogens is 2. The van der Waals surface area contributed by atoms with Crippen LogP contribution in [-0.2, 0) is 16.0 Å². The Balaban J connectivity index is 2.65. The summed E-state index contributed by atoms with van der Waals surface area (Å²) in [5.41, 5.74) is 0.985. The number of rotatable bonds is 9. The summed E-state index contributed by atoms with van der Waals surface area (Å²) in [6.07, 6.45) is 2.71. The van der Waals surface area contributed by atoms with E-state index in [2.05, 4.69) is 17.3 Å². The fraction of sp³-hybridized carbons (Fsp3) is 0.750. The minimum Gasteiger partial charge on any atom is -0.382 e. The molecule has 0 saturated carbocycles. The SMILES string of the molecule is CCCn1ncc(Cl)c1C(COCCOC)NC. The van der Waals surface area contributed by atoms with Gasteiger partial charge in [-0.15, -0.1) is 0 Å². The lowest BCUT2D eigenvalue weighted by Crippen LogP contribution is -2.26. The maximum Gasteiger partial charge on any atom is 0.0835 e. The summed E-state index contributed by atoms with van der Waals surface area (Å²) < 4.78 is 12.4. The highest BCUT2D eigenvalue weighted by atomic mass is 35.5. The molecule has 0 saturated heterocycles. The predicted octanol–water partition coefficient (Wildman–Crippen LogP) is 1.87. The van der Waals surface area contributed by atoms with Crippen LogP contribution in [0.15, 0.2) is 6.20 Å². The molecule has 1 N–H and O–H groups in total. The molecule has 0 aliphatic rings.